The first-order valence-electron chi connectivity index (χ1n) is 10.4. The summed E-state index contributed by atoms with van der Waals surface area (Å²) in [7, 11) is 0. The van der Waals surface area contributed by atoms with Gasteiger partial charge < -0.3 is 10.6 Å². The fourth-order valence-electron chi connectivity index (χ4n) is 3.96. The van der Waals surface area contributed by atoms with Crippen molar-refractivity contribution in [1.29, 1.82) is 0 Å². The lowest BCUT2D eigenvalue weighted by molar-refractivity contribution is -0.119. The number of likely N-dealkylation sites (tertiary alicyclic amines) is 1. The lowest BCUT2D eigenvalue weighted by Crippen LogP contribution is -2.28. The third kappa shape index (κ3) is 6.43. The minimum Gasteiger partial charge on any atom is -0.352 e. The summed E-state index contributed by atoms with van der Waals surface area (Å²) >= 11 is 0. The Morgan fingerprint density at radius 1 is 1.00 bits per heavy atom. The van der Waals surface area contributed by atoms with E-state index in [1.165, 1.54) is 18.9 Å². The lowest BCUT2D eigenvalue weighted by Gasteiger charge is -2.21. The number of hydrogen-bond acceptors (Lipinski definition) is 3. The van der Waals surface area contributed by atoms with Crippen molar-refractivity contribution in [2.75, 3.05) is 13.1 Å². The van der Waals surface area contributed by atoms with Crippen LogP contribution < -0.4 is 10.6 Å². The van der Waals surface area contributed by atoms with Crippen molar-refractivity contribution in [3.63, 3.8) is 0 Å². The molecule has 3 rings (SSSR count). The van der Waals surface area contributed by atoms with E-state index in [-0.39, 0.29) is 11.8 Å². The second-order valence-electron chi connectivity index (χ2n) is 8.02. The quantitative estimate of drug-likeness (QED) is 0.723. The van der Waals surface area contributed by atoms with E-state index < -0.39 is 0 Å². The summed E-state index contributed by atoms with van der Waals surface area (Å²) in [4.78, 5) is 25.9. The van der Waals surface area contributed by atoms with Crippen molar-refractivity contribution in [1.82, 2.24) is 15.5 Å². The van der Waals surface area contributed by atoms with Crippen molar-refractivity contribution in [3.05, 3.63) is 71.3 Å². The highest BCUT2D eigenvalue weighted by Gasteiger charge is 2.28. The summed E-state index contributed by atoms with van der Waals surface area (Å²) in [6.45, 7) is 7.05. The molecular weight excluding hydrogens is 362 g/mol. The van der Waals surface area contributed by atoms with Crippen LogP contribution in [0.3, 0.4) is 0 Å². The molecule has 1 fully saturated rings. The van der Waals surface area contributed by atoms with Crippen LogP contribution in [0.2, 0.25) is 0 Å². The molecule has 1 aliphatic rings. The molecule has 0 bridgehead atoms. The molecule has 5 nitrogen and oxygen atoms in total. The molecule has 2 unspecified atom stereocenters. The van der Waals surface area contributed by atoms with Crippen molar-refractivity contribution in [2.45, 2.75) is 45.8 Å². The highest BCUT2D eigenvalue weighted by molar-refractivity contribution is 5.94. The number of carbonyl (C=O) groups excluding carboxylic acids is 2. The number of nitrogens with one attached hydrogen (secondary N) is 2. The van der Waals surface area contributed by atoms with E-state index in [1.54, 1.807) is 0 Å². The van der Waals surface area contributed by atoms with Gasteiger partial charge in [0, 0.05) is 44.7 Å². The van der Waals surface area contributed by atoms with Gasteiger partial charge in [-0.05, 0) is 48.9 Å². The van der Waals surface area contributed by atoms with E-state index in [1.807, 2.05) is 24.3 Å². The summed E-state index contributed by atoms with van der Waals surface area (Å²) in [5, 5.41) is 5.80. The fraction of sp³-hybridized carbons (Fsp3) is 0.417. The molecule has 2 aromatic carbocycles. The summed E-state index contributed by atoms with van der Waals surface area (Å²) in [5.41, 5.74) is 2.99. The van der Waals surface area contributed by atoms with Gasteiger partial charge >= 0.3 is 0 Å². The average Bonchev–Trinajstić information content (AvgIpc) is 3.06. The molecule has 0 aliphatic carbocycles. The number of benzene rings is 2. The molecule has 1 saturated heterocycles. The van der Waals surface area contributed by atoms with Crippen molar-refractivity contribution >= 4 is 11.8 Å². The van der Waals surface area contributed by atoms with Crippen molar-refractivity contribution in [2.24, 2.45) is 5.92 Å². The predicted octanol–water partition coefficient (Wildman–Crippen LogP) is 3.35. The van der Waals surface area contributed by atoms with Gasteiger partial charge in [0.15, 0.2) is 0 Å². The van der Waals surface area contributed by atoms with E-state index in [4.69, 9.17) is 0 Å². The maximum Gasteiger partial charge on any atom is 0.251 e. The Balaban J connectivity index is 1.40. The maximum absolute atomic E-state index is 12.4. The Morgan fingerprint density at radius 3 is 2.41 bits per heavy atom. The van der Waals surface area contributed by atoms with Gasteiger partial charge in [-0.15, -0.1) is 0 Å². The van der Waals surface area contributed by atoms with Crippen LogP contribution in [0.5, 0.6) is 0 Å². The first-order valence-corrected chi connectivity index (χ1v) is 10.4. The zero-order valence-electron chi connectivity index (χ0n) is 17.4. The molecular formula is C24H31N3O2. The Kier molecular flexibility index (Phi) is 7.42. The molecule has 0 aromatic heterocycles. The van der Waals surface area contributed by atoms with Crippen LogP contribution in [-0.2, 0) is 17.9 Å². The van der Waals surface area contributed by atoms with Crippen molar-refractivity contribution in [3.8, 4) is 0 Å². The Bertz CT molecular complexity index is 805. The van der Waals surface area contributed by atoms with Gasteiger partial charge in [-0.25, -0.2) is 0 Å². The second kappa shape index (κ2) is 10.2. The van der Waals surface area contributed by atoms with E-state index >= 15 is 0 Å². The van der Waals surface area contributed by atoms with E-state index in [0.29, 0.717) is 30.6 Å². The standard InChI is InChI=1S/C24H31N3O2/c1-18-14-22(17-27(18)16-21-6-4-3-5-7-21)12-13-25-24(29)23-10-8-20(9-11-23)15-26-19(2)28/h3-11,18,22H,12-17H2,1-2H3,(H,25,29)(H,26,28). The van der Waals surface area contributed by atoms with Gasteiger partial charge in [-0.1, -0.05) is 42.5 Å². The van der Waals surface area contributed by atoms with Gasteiger partial charge in [-0.3, -0.25) is 14.5 Å². The van der Waals surface area contributed by atoms with Crippen LogP contribution in [0.25, 0.3) is 0 Å². The van der Waals surface area contributed by atoms with Crippen LogP contribution in [0.4, 0.5) is 0 Å². The van der Waals surface area contributed by atoms with Crippen LogP contribution >= 0.6 is 0 Å². The third-order valence-corrected chi connectivity index (χ3v) is 5.61. The second-order valence-corrected chi connectivity index (χ2v) is 8.02. The smallest absolute Gasteiger partial charge is 0.251 e. The molecule has 154 valence electrons. The lowest BCUT2D eigenvalue weighted by atomic mass is 10.0. The number of carbonyl (C=O) groups is 2. The number of rotatable bonds is 8. The van der Waals surface area contributed by atoms with Gasteiger partial charge in [0.2, 0.25) is 5.91 Å². The topological polar surface area (TPSA) is 61.4 Å². The fourth-order valence-corrected chi connectivity index (χ4v) is 3.96. The highest BCUT2D eigenvalue weighted by Crippen LogP contribution is 2.26. The summed E-state index contributed by atoms with van der Waals surface area (Å²) in [6.07, 6.45) is 2.18. The van der Waals surface area contributed by atoms with Crippen LogP contribution in [0.1, 0.15) is 48.2 Å². The molecule has 2 amide bonds. The molecule has 2 aromatic rings. The highest BCUT2D eigenvalue weighted by atomic mass is 16.2. The molecule has 5 heteroatoms. The Hall–Kier alpha value is -2.66. The normalized spacial score (nSPS) is 19.1. The number of amides is 2. The van der Waals surface area contributed by atoms with Gasteiger partial charge in [0.25, 0.3) is 5.91 Å². The first kappa shape index (κ1) is 21.1. The maximum atomic E-state index is 12.4. The number of hydrogen-bond donors (Lipinski definition) is 2. The molecule has 0 spiro atoms. The molecule has 0 saturated carbocycles. The van der Waals surface area contributed by atoms with Crippen LogP contribution in [0.15, 0.2) is 54.6 Å². The molecule has 0 radical (unpaired) electrons. The zero-order chi connectivity index (χ0) is 20.6. The molecule has 2 atom stereocenters. The van der Waals surface area contributed by atoms with Crippen LogP contribution in [0, 0.1) is 5.92 Å². The molecule has 1 aliphatic heterocycles. The van der Waals surface area contributed by atoms with Crippen molar-refractivity contribution < 1.29 is 9.59 Å². The van der Waals surface area contributed by atoms with Gasteiger partial charge in [0.1, 0.15) is 0 Å². The van der Waals surface area contributed by atoms with E-state index in [9.17, 15) is 9.59 Å². The Labute approximate surface area is 173 Å². The minimum atomic E-state index is -0.0598. The minimum absolute atomic E-state index is 0.0386. The first-order chi connectivity index (χ1) is 14.0. The molecule has 29 heavy (non-hydrogen) atoms. The summed E-state index contributed by atoms with van der Waals surface area (Å²) < 4.78 is 0. The Morgan fingerprint density at radius 2 is 1.72 bits per heavy atom. The summed E-state index contributed by atoms with van der Waals surface area (Å²) in [5.74, 6) is 0.521. The largest absolute Gasteiger partial charge is 0.352 e. The average molecular weight is 394 g/mol. The predicted molar refractivity (Wildman–Crippen MR) is 115 cm³/mol. The zero-order valence-corrected chi connectivity index (χ0v) is 17.4. The molecule has 1 heterocycles. The van der Waals surface area contributed by atoms with Crippen LogP contribution in [-0.4, -0.2) is 35.8 Å². The number of nitrogens with zero attached hydrogens (tertiary/aromatic N) is 1. The monoisotopic (exact) mass is 393 g/mol. The third-order valence-electron chi connectivity index (χ3n) is 5.61. The van der Waals surface area contributed by atoms with E-state index in [0.717, 1.165) is 25.1 Å². The van der Waals surface area contributed by atoms with E-state index in [2.05, 4.69) is 52.8 Å². The molecule has 2 N–H and O–H groups in total. The SMILES string of the molecule is CC(=O)NCc1ccc(C(=O)NCCC2CC(C)N(Cc3ccccc3)C2)cc1. The summed E-state index contributed by atoms with van der Waals surface area (Å²) in [6, 6.07) is 18.6. The van der Waals surface area contributed by atoms with Gasteiger partial charge in [0.05, 0.1) is 0 Å². The van der Waals surface area contributed by atoms with Gasteiger partial charge in [-0.2, -0.15) is 0 Å².